The molecule has 1 unspecified atom stereocenters. The normalized spacial score (nSPS) is 33.9. The topological polar surface area (TPSA) is 76.1 Å². The first-order valence-corrected chi connectivity index (χ1v) is 9.63. The molecule has 2 aromatic rings. The molecule has 3 aliphatic heterocycles. The molecule has 3 atom stereocenters. The number of rotatable bonds is 0. The van der Waals surface area contributed by atoms with E-state index < -0.39 is 17.7 Å². The summed E-state index contributed by atoms with van der Waals surface area (Å²) in [5.41, 5.74) is 4.28. The molecule has 29 heavy (non-hydrogen) atoms. The molecule has 0 amide bonds. The van der Waals surface area contributed by atoms with Crippen LogP contribution in [-0.2, 0) is 16.8 Å². The molecule has 0 saturated carbocycles. The molecule has 0 aliphatic carbocycles. The Labute approximate surface area is 166 Å². The number of carboxylic acid groups (broad SMARTS) is 1. The monoisotopic (exact) mass is 408 g/mol. The molecule has 5 nitrogen and oxygen atoms in total. The van der Waals surface area contributed by atoms with Gasteiger partial charge in [0.15, 0.2) is 11.1 Å². The molecule has 156 valence electrons. The molecule has 0 spiro atoms. The minimum atomic E-state index is -5.19. The van der Waals surface area contributed by atoms with E-state index in [-0.39, 0.29) is 5.54 Å². The highest BCUT2D eigenvalue weighted by Crippen LogP contribution is 2.62. The number of nitrogens with one attached hydrogen (secondary N) is 1. The number of para-hydroxylation sites is 1. The summed E-state index contributed by atoms with van der Waals surface area (Å²) in [6.45, 7) is 7.63. The Balaban J connectivity index is 0.000000255. The number of quaternary nitrogens is 1. The first-order valence-electron chi connectivity index (χ1n) is 9.63. The van der Waals surface area contributed by atoms with Gasteiger partial charge in [-0.3, -0.25) is 0 Å². The van der Waals surface area contributed by atoms with Gasteiger partial charge in [-0.05, 0) is 25.5 Å². The summed E-state index contributed by atoms with van der Waals surface area (Å²) in [5.74, 6) is -3.01. The quantitative estimate of drug-likeness (QED) is 0.518. The summed E-state index contributed by atoms with van der Waals surface area (Å²) < 4.78 is 32.6. The SMILES string of the molecule is C/C=C1/C[N+]23CCc4c([nH]c5ccccc45)[C@]2(C)[C@]1(O)CC3.O=C([O-])C(F)(F)F. The second-order valence-electron chi connectivity index (χ2n) is 8.31. The molecule has 1 aromatic carbocycles. The lowest BCUT2D eigenvalue weighted by atomic mass is 9.74. The molecule has 2 fully saturated rings. The van der Waals surface area contributed by atoms with Crippen LogP contribution in [0.3, 0.4) is 0 Å². The zero-order valence-electron chi connectivity index (χ0n) is 16.3. The van der Waals surface area contributed by atoms with E-state index in [0.29, 0.717) is 0 Å². The molecular formula is C21H23F3N2O3. The van der Waals surface area contributed by atoms with Crippen molar-refractivity contribution in [1.82, 2.24) is 4.98 Å². The Morgan fingerprint density at radius 1 is 1.31 bits per heavy atom. The number of nitrogens with zero attached hydrogens (tertiary/aromatic N) is 1. The summed E-state index contributed by atoms with van der Waals surface area (Å²) >= 11 is 0. The van der Waals surface area contributed by atoms with E-state index in [9.17, 15) is 18.3 Å². The van der Waals surface area contributed by atoms with E-state index in [1.165, 1.54) is 27.7 Å². The van der Waals surface area contributed by atoms with Crippen LogP contribution in [0.15, 0.2) is 35.9 Å². The number of alkyl halides is 3. The van der Waals surface area contributed by atoms with Crippen molar-refractivity contribution >= 4 is 16.9 Å². The zero-order chi connectivity index (χ0) is 21.2. The van der Waals surface area contributed by atoms with Crippen LogP contribution in [0.2, 0.25) is 0 Å². The molecule has 2 saturated heterocycles. The lowest BCUT2D eigenvalue weighted by Crippen LogP contribution is -2.61. The Hall–Kier alpha value is -2.32. The van der Waals surface area contributed by atoms with E-state index in [0.717, 1.165) is 37.0 Å². The number of hydrogen-bond donors (Lipinski definition) is 2. The largest absolute Gasteiger partial charge is 0.542 e. The average Bonchev–Trinajstić information content (AvgIpc) is 3.22. The number of carbonyl (C=O) groups is 1. The maximum Gasteiger partial charge on any atom is 0.430 e. The number of benzene rings is 1. The molecule has 8 heteroatoms. The molecule has 2 N–H and O–H groups in total. The Morgan fingerprint density at radius 2 is 1.97 bits per heavy atom. The Bertz CT molecular complexity index is 1030. The number of allylic oxidation sites excluding steroid dienone is 1. The van der Waals surface area contributed by atoms with Gasteiger partial charge in [-0.2, -0.15) is 13.2 Å². The smallest absolute Gasteiger partial charge is 0.430 e. The van der Waals surface area contributed by atoms with Gasteiger partial charge in [0.1, 0.15) is 12.5 Å². The first-order chi connectivity index (χ1) is 13.5. The molecular weight excluding hydrogens is 385 g/mol. The second kappa shape index (κ2) is 6.09. The zero-order valence-corrected chi connectivity index (χ0v) is 16.3. The number of hydrogen-bond acceptors (Lipinski definition) is 3. The van der Waals surface area contributed by atoms with Crippen molar-refractivity contribution in [2.75, 3.05) is 19.6 Å². The van der Waals surface area contributed by atoms with Crippen LogP contribution in [0.5, 0.6) is 0 Å². The van der Waals surface area contributed by atoms with Crippen molar-refractivity contribution in [2.45, 2.75) is 44.0 Å². The predicted octanol–water partition coefficient (Wildman–Crippen LogP) is 2.15. The highest BCUT2D eigenvalue weighted by molar-refractivity contribution is 5.85. The summed E-state index contributed by atoms with van der Waals surface area (Å²) in [5, 5.41) is 21.7. The van der Waals surface area contributed by atoms with Crippen molar-refractivity contribution in [3.8, 4) is 0 Å². The molecule has 3 aliphatic rings. The van der Waals surface area contributed by atoms with Gasteiger partial charge in [-0.15, -0.1) is 0 Å². The third-order valence-corrected chi connectivity index (χ3v) is 7.33. The summed E-state index contributed by atoms with van der Waals surface area (Å²) in [4.78, 5) is 12.5. The minimum Gasteiger partial charge on any atom is -0.542 e. The van der Waals surface area contributed by atoms with Crippen LogP contribution in [0.25, 0.3) is 10.9 Å². The van der Waals surface area contributed by atoms with E-state index in [1.54, 1.807) is 0 Å². The van der Waals surface area contributed by atoms with E-state index >= 15 is 0 Å². The highest BCUT2D eigenvalue weighted by atomic mass is 19.4. The van der Waals surface area contributed by atoms with Crippen LogP contribution in [0.4, 0.5) is 13.2 Å². The third-order valence-electron chi connectivity index (χ3n) is 7.33. The molecule has 0 radical (unpaired) electrons. The van der Waals surface area contributed by atoms with Gasteiger partial charge in [0.25, 0.3) is 0 Å². The second-order valence-corrected chi connectivity index (χ2v) is 8.31. The average molecular weight is 408 g/mol. The summed E-state index contributed by atoms with van der Waals surface area (Å²) in [6, 6.07) is 8.59. The number of aromatic amines is 1. The van der Waals surface area contributed by atoms with Crippen molar-refractivity contribution in [3.63, 3.8) is 0 Å². The molecule has 5 rings (SSSR count). The van der Waals surface area contributed by atoms with E-state index in [4.69, 9.17) is 9.90 Å². The van der Waals surface area contributed by atoms with Crippen molar-refractivity contribution in [3.05, 3.63) is 47.2 Å². The standard InChI is InChI=1S/C19H23N2O.C2HF3O2/c1-3-13-12-21-10-8-15-14-6-4-5-7-16(14)20-17(15)18(21,2)19(13,22)9-11-21;3-2(4,5)1(6)7/h3-7,20,22H,8-12H2,1-2H3;(H,6,7)/q+1;/p-1/b13-3-;/t18-,19+,21?;/m1./s1. The lowest BCUT2D eigenvalue weighted by Gasteiger charge is -2.47. The van der Waals surface area contributed by atoms with Crippen molar-refractivity contribution in [2.24, 2.45) is 0 Å². The number of aromatic nitrogens is 1. The van der Waals surface area contributed by atoms with Gasteiger partial charge < -0.3 is 24.5 Å². The lowest BCUT2D eigenvalue weighted by molar-refractivity contribution is -0.962. The molecule has 1 aromatic heterocycles. The third kappa shape index (κ3) is 2.45. The maximum atomic E-state index is 11.6. The van der Waals surface area contributed by atoms with Gasteiger partial charge >= 0.3 is 6.18 Å². The number of fused-ring (bicyclic) bond motifs is 3. The first kappa shape index (κ1) is 20.0. The van der Waals surface area contributed by atoms with Crippen LogP contribution < -0.4 is 5.11 Å². The fourth-order valence-electron chi connectivity index (χ4n) is 5.79. The number of aliphatic hydroxyl groups is 1. The number of H-pyrrole nitrogens is 1. The number of halogens is 3. The minimum absolute atomic E-state index is 0.221. The summed E-state index contributed by atoms with van der Waals surface area (Å²) in [6.07, 6.45) is -1.04. The van der Waals surface area contributed by atoms with Gasteiger partial charge in [0.05, 0.1) is 18.8 Å². The van der Waals surface area contributed by atoms with Crippen molar-refractivity contribution in [1.29, 1.82) is 0 Å². The van der Waals surface area contributed by atoms with Gasteiger partial charge in [-0.1, -0.05) is 24.3 Å². The fraction of sp³-hybridized carbons (Fsp3) is 0.476. The van der Waals surface area contributed by atoms with E-state index in [2.05, 4.69) is 49.2 Å². The molecule has 2 bridgehead atoms. The van der Waals surface area contributed by atoms with Gasteiger partial charge in [-0.25, -0.2) is 0 Å². The van der Waals surface area contributed by atoms with E-state index in [1.807, 2.05) is 0 Å². The van der Waals surface area contributed by atoms with Gasteiger partial charge in [0.2, 0.25) is 0 Å². The van der Waals surface area contributed by atoms with Crippen LogP contribution in [-0.4, -0.2) is 52.0 Å². The predicted molar refractivity (Wildman–Crippen MR) is 98.6 cm³/mol. The Morgan fingerprint density at radius 3 is 2.59 bits per heavy atom. The van der Waals surface area contributed by atoms with Crippen LogP contribution in [0, 0.1) is 0 Å². The van der Waals surface area contributed by atoms with Gasteiger partial charge in [0, 0.05) is 29.3 Å². The van der Waals surface area contributed by atoms with Crippen LogP contribution >= 0.6 is 0 Å². The number of carboxylic acids is 1. The Kier molecular flexibility index (Phi) is 4.19. The number of carbonyl (C=O) groups excluding carboxylic acids is 1. The number of piperidine rings is 1. The van der Waals surface area contributed by atoms with Crippen LogP contribution in [0.1, 0.15) is 31.5 Å². The number of aliphatic carboxylic acids is 1. The fourth-order valence-corrected chi connectivity index (χ4v) is 5.79. The highest BCUT2D eigenvalue weighted by Gasteiger charge is 2.75. The molecule has 4 heterocycles. The summed E-state index contributed by atoms with van der Waals surface area (Å²) in [7, 11) is 0. The van der Waals surface area contributed by atoms with Crippen molar-refractivity contribution < 1.29 is 32.7 Å². The maximum absolute atomic E-state index is 11.6.